The number of rotatable bonds is 5. The van der Waals surface area contributed by atoms with Gasteiger partial charge in [0.1, 0.15) is 0 Å². The van der Waals surface area contributed by atoms with Crippen LogP contribution in [-0.2, 0) is 6.54 Å². The average molecular weight is 353 g/mol. The predicted molar refractivity (Wildman–Crippen MR) is 88.5 cm³/mol. The van der Waals surface area contributed by atoms with Crippen molar-refractivity contribution < 1.29 is 4.79 Å². The zero-order valence-corrected chi connectivity index (χ0v) is 13.9. The zero-order valence-electron chi connectivity index (χ0n) is 11.5. The summed E-state index contributed by atoms with van der Waals surface area (Å²) >= 11 is 5.09. The van der Waals surface area contributed by atoms with E-state index in [4.69, 9.17) is 0 Å². The number of carbonyl (C=O) groups excluding carboxylic acids is 1. The first-order valence-corrected chi connectivity index (χ1v) is 8.13. The molecule has 2 rings (SSSR count). The number of aryl methyl sites for hydroxylation is 1. The first kappa shape index (κ1) is 15.1. The summed E-state index contributed by atoms with van der Waals surface area (Å²) < 4.78 is 1.04. The van der Waals surface area contributed by atoms with Gasteiger partial charge in [-0.2, -0.15) is 0 Å². The fourth-order valence-electron chi connectivity index (χ4n) is 1.94. The standard InChI is InChI=1S/C15H17BrN2OS/c1-3-17-11-4-5-12(10(2)8-11)15(19)18-9-14-13(16)6-7-20-14/h4-8,17H,3,9H2,1-2H3,(H,18,19). The molecule has 3 nitrogen and oxygen atoms in total. The van der Waals surface area contributed by atoms with E-state index in [1.54, 1.807) is 11.3 Å². The Balaban J connectivity index is 2.04. The number of amides is 1. The number of carbonyl (C=O) groups is 1. The van der Waals surface area contributed by atoms with E-state index >= 15 is 0 Å². The van der Waals surface area contributed by atoms with E-state index in [-0.39, 0.29) is 5.91 Å². The van der Waals surface area contributed by atoms with Crippen molar-refractivity contribution in [3.8, 4) is 0 Å². The largest absolute Gasteiger partial charge is 0.385 e. The summed E-state index contributed by atoms with van der Waals surface area (Å²) in [4.78, 5) is 13.3. The molecule has 0 spiro atoms. The molecule has 0 unspecified atom stereocenters. The number of benzene rings is 1. The maximum absolute atomic E-state index is 12.2. The van der Waals surface area contributed by atoms with Crippen molar-refractivity contribution >= 4 is 38.9 Å². The Morgan fingerprint density at radius 1 is 1.35 bits per heavy atom. The van der Waals surface area contributed by atoms with Crippen molar-refractivity contribution in [1.82, 2.24) is 5.32 Å². The van der Waals surface area contributed by atoms with E-state index in [9.17, 15) is 4.79 Å². The minimum absolute atomic E-state index is 0.0363. The van der Waals surface area contributed by atoms with Crippen LogP contribution in [0.2, 0.25) is 0 Å². The van der Waals surface area contributed by atoms with E-state index in [0.29, 0.717) is 6.54 Å². The molecule has 1 heterocycles. The van der Waals surface area contributed by atoms with Crippen LogP contribution >= 0.6 is 27.3 Å². The minimum atomic E-state index is -0.0363. The van der Waals surface area contributed by atoms with Gasteiger partial charge in [-0.1, -0.05) is 0 Å². The second-order valence-corrected chi connectivity index (χ2v) is 6.29. The normalized spacial score (nSPS) is 10.3. The maximum Gasteiger partial charge on any atom is 0.251 e. The van der Waals surface area contributed by atoms with Crippen molar-refractivity contribution in [2.75, 3.05) is 11.9 Å². The van der Waals surface area contributed by atoms with Crippen LogP contribution in [0.1, 0.15) is 27.7 Å². The molecule has 2 aromatic rings. The highest BCUT2D eigenvalue weighted by Gasteiger charge is 2.10. The van der Waals surface area contributed by atoms with Gasteiger partial charge in [-0.3, -0.25) is 4.79 Å². The zero-order chi connectivity index (χ0) is 14.5. The summed E-state index contributed by atoms with van der Waals surface area (Å²) in [6, 6.07) is 7.79. The second kappa shape index (κ2) is 6.90. The molecule has 1 aromatic heterocycles. The lowest BCUT2D eigenvalue weighted by atomic mass is 10.1. The fourth-order valence-corrected chi connectivity index (χ4v) is 3.37. The van der Waals surface area contributed by atoms with Gasteiger partial charge >= 0.3 is 0 Å². The molecule has 20 heavy (non-hydrogen) atoms. The lowest BCUT2D eigenvalue weighted by Crippen LogP contribution is -2.23. The first-order valence-electron chi connectivity index (χ1n) is 6.46. The number of nitrogens with one attached hydrogen (secondary N) is 2. The molecule has 1 amide bonds. The highest BCUT2D eigenvalue weighted by Crippen LogP contribution is 2.22. The summed E-state index contributed by atoms with van der Waals surface area (Å²) in [5.41, 5.74) is 2.74. The fraction of sp³-hybridized carbons (Fsp3) is 0.267. The van der Waals surface area contributed by atoms with Crippen LogP contribution in [0.5, 0.6) is 0 Å². The van der Waals surface area contributed by atoms with E-state index in [1.807, 2.05) is 36.6 Å². The molecule has 0 saturated heterocycles. The number of anilines is 1. The average Bonchev–Trinajstić information content (AvgIpc) is 2.82. The summed E-state index contributed by atoms with van der Waals surface area (Å²) in [5.74, 6) is -0.0363. The lowest BCUT2D eigenvalue weighted by Gasteiger charge is -2.10. The number of halogens is 1. The van der Waals surface area contributed by atoms with Gasteiger partial charge in [0.25, 0.3) is 5.91 Å². The first-order chi connectivity index (χ1) is 9.61. The smallest absolute Gasteiger partial charge is 0.251 e. The van der Waals surface area contributed by atoms with Crippen molar-refractivity contribution in [3.05, 3.63) is 50.1 Å². The van der Waals surface area contributed by atoms with Gasteiger partial charge in [-0.25, -0.2) is 0 Å². The molecule has 0 saturated carbocycles. The molecule has 0 aliphatic carbocycles. The Kier molecular flexibility index (Phi) is 5.20. The molecule has 0 radical (unpaired) electrons. The Bertz CT molecular complexity index is 610. The minimum Gasteiger partial charge on any atom is -0.385 e. The van der Waals surface area contributed by atoms with Crippen LogP contribution in [0.15, 0.2) is 34.1 Å². The molecule has 2 N–H and O–H groups in total. The van der Waals surface area contributed by atoms with Crippen LogP contribution in [0.25, 0.3) is 0 Å². The Morgan fingerprint density at radius 3 is 2.75 bits per heavy atom. The third-order valence-electron chi connectivity index (χ3n) is 2.95. The Labute approximate surface area is 131 Å². The van der Waals surface area contributed by atoms with Gasteiger partial charge in [-0.05, 0) is 65.0 Å². The third kappa shape index (κ3) is 3.61. The monoisotopic (exact) mass is 352 g/mol. The van der Waals surface area contributed by atoms with Gasteiger partial charge < -0.3 is 10.6 Å². The summed E-state index contributed by atoms with van der Waals surface area (Å²) in [7, 11) is 0. The molecular formula is C15H17BrN2OS. The van der Waals surface area contributed by atoms with Gasteiger partial charge in [0.15, 0.2) is 0 Å². The van der Waals surface area contributed by atoms with Crippen LogP contribution in [0.3, 0.4) is 0 Å². The van der Waals surface area contributed by atoms with Crippen LogP contribution < -0.4 is 10.6 Å². The molecule has 1 aromatic carbocycles. The van der Waals surface area contributed by atoms with E-state index in [1.165, 1.54) is 0 Å². The van der Waals surface area contributed by atoms with E-state index in [2.05, 4.69) is 33.5 Å². The van der Waals surface area contributed by atoms with Crippen molar-refractivity contribution in [2.24, 2.45) is 0 Å². The topological polar surface area (TPSA) is 41.1 Å². The number of hydrogen-bond acceptors (Lipinski definition) is 3. The Hall–Kier alpha value is -1.33. The highest BCUT2D eigenvalue weighted by molar-refractivity contribution is 9.10. The quantitative estimate of drug-likeness (QED) is 0.847. The summed E-state index contributed by atoms with van der Waals surface area (Å²) in [5, 5.41) is 8.20. The summed E-state index contributed by atoms with van der Waals surface area (Å²) in [6.07, 6.45) is 0. The van der Waals surface area contributed by atoms with Crippen LogP contribution in [0, 0.1) is 6.92 Å². The van der Waals surface area contributed by atoms with E-state index < -0.39 is 0 Å². The van der Waals surface area contributed by atoms with Crippen molar-refractivity contribution in [1.29, 1.82) is 0 Å². The second-order valence-electron chi connectivity index (χ2n) is 4.43. The van der Waals surface area contributed by atoms with Crippen molar-refractivity contribution in [2.45, 2.75) is 20.4 Å². The molecular weight excluding hydrogens is 336 g/mol. The van der Waals surface area contributed by atoms with Gasteiger partial charge in [0.05, 0.1) is 6.54 Å². The maximum atomic E-state index is 12.2. The molecule has 0 fully saturated rings. The Morgan fingerprint density at radius 2 is 2.15 bits per heavy atom. The van der Waals surface area contributed by atoms with Crippen molar-refractivity contribution in [3.63, 3.8) is 0 Å². The van der Waals surface area contributed by atoms with Gasteiger partial charge in [0.2, 0.25) is 0 Å². The molecule has 5 heteroatoms. The summed E-state index contributed by atoms with van der Waals surface area (Å²) in [6.45, 7) is 5.43. The SMILES string of the molecule is CCNc1ccc(C(=O)NCc2sccc2Br)c(C)c1. The molecule has 0 aliphatic rings. The molecule has 0 atom stereocenters. The van der Waals surface area contributed by atoms with Gasteiger partial charge in [-0.15, -0.1) is 11.3 Å². The van der Waals surface area contributed by atoms with Crippen LogP contribution in [-0.4, -0.2) is 12.5 Å². The molecule has 0 aliphatic heterocycles. The molecule has 106 valence electrons. The van der Waals surface area contributed by atoms with Crippen LogP contribution in [0.4, 0.5) is 5.69 Å². The number of hydrogen-bond donors (Lipinski definition) is 2. The number of thiophene rings is 1. The third-order valence-corrected chi connectivity index (χ3v) is 4.88. The molecule has 0 bridgehead atoms. The predicted octanol–water partition coefficient (Wildman–Crippen LogP) is 4.18. The highest BCUT2D eigenvalue weighted by atomic mass is 79.9. The van der Waals surface area contributed by atoms with E-state index in [0.717, 1.165) is 32.7 Å². The lowest BCUT2D eigenvalue weighted by molar-refractivity contribution is 0.0950. The van der Waals surface area contributed by atoms with Gasteiger partial charge in [0, 0.05) is 27.1 Å².